The van der Waals surface area contributed by atoms with E-state index in [0.717, 1.165) is 0 Å². The van der Waals surface area contributed by atoms with Crippen LogP contribution >= 0.6 is 34.5 Å². The van der Waals surface area contributed by atoms with Gasteiger partial charge in [0.25, 0.3) is 20.3 Å². The highest BCUT2D eigenvalue weighted by Gasteiger charge is 2.22. The summed E-state index contributed by atoms with van der Waals surface area (Å²) in [7, 11) is -4.02. The van der Waals surface area contributed by atoms with Crippen LogP contribution in [0, 0.1) is 0 Å². The Hall–Kier alpha value is -2.66. The summed E-state index contributed by atoms with van der Waals surface area (Å²) in [6, 6.07) is 10.8. The number of hydrogen-bond donors (Lipinski definition) is 2. The van der Waals surface area contributed by atoms with Crippen LogP contribution in [0.3, 0.4) is 0 Å². The summed E-state index contributed by atoms with van der Waals surface area (Å²) < 4.78 is 32.6. The molecule has 8 nitrogen and oxygen atoms in total. The highest BCUT2D eigenvalue weighted by Crippen LogP contribution is 2.26. The number of amides is 1. The van der Waals surface area contributed by atoms with Gasteiger partial charge in [-0.25, -0.2) is 0 Å². The number of aromatic nitrogens is 2. The van der Waals surface area contributed by atoms with Gasteiger partial charge in [0.15, 0.2) is 0 Å². The van der Waals surface area contributed by atoms with Gasteiger partial charge in [-0.2, -0.15) is 8.42 Å². The third-order valence-corrected chi connectivity index (χ3v) is 6.62. The number of carbonyl (C=O) groups excluding carboxylic acids is 1. The van der Waals surface area contributed by atoms with Crippen LogP contribution in [0.5, 0.6) is 5.75 Å². The molecule has 0 unspecified atom stereocenters. The second kappa shape index (κ2) is 9.43. The first kappa shape index (κ1) is 22.0. The summed E-state index contributed by atoms with van der Waals surface area (Å²) in [5, 5.41) is 10.3. The SMILES string of the molecule is C=CCOc1cccc(NS(=O)(=O)c2nnc(NC(=O)c3ccc(Cl)cc3Cl)s2)c1. The first-order valence-electron chi connectivity index (χ1n) is 8.25. The minimum atomic E-state index is -4.02. The number of rotatable bonds is 8. The number of sulfonamides is 1. The molecule has 0 aliphatic heterocycles. The monoisotopic (exact) mass is 484 g/mol. The molecular weight excluding hydrogens is 471 g/mol. The van der Waals surface area contributed by atoms with E-state index in [1.807, 2.05) is 0 Å². The van der Waals surface area contributed by atoms with Crippen LogP contribution in [0.15, 0.2) is 59.5 Å². The molecule has 1 heterocycles. The molecule has 2 aromatic carbocycles. The van der Waals surface area contributed by atoms with Crippen LogP contribution in [0.2, 0.25) is 10.0 Å². The summed E-state index contributed by atoms with van der Waals surface area (Å²) >= 11 is 12.5. The molecule has 156 valence electrons. The Morgan fingerprint density at radius 1 is 1.20 bits per heavy atom. The van der Waals surface area contributed by atoms with Crippen molar-refractivity contribution in [1.82, 2.24) is 10.2 Å². The minimum absolute atomic E-state index is 0.00513. The lowest BCUT2D eigenvalue weighted by atomic mass is 10.2. The largest absolute Gasteiger partial charge is 0.489 e. The van der Waals surface area contributed by atoms with Crippen molar-refractivity contribution in [2.45, 2.75) is 4.34 Å². The van der Waals surface area contributed by atoms with Gasteiger partial charge in [0, 0.05) is 11.1 Å². The Balaban J connectivity index is 1.73. The van der Waals surface area contributed by atoms with E-state index in [-0.39, 0.29) is 32.4 Å². The predicted molar refractivity (Wildman–Crippen MR) is 117 cm³/mol. The molecule has 0 aliphatic rings. The lowest BCUT2D eigenvalue weighted by molar-refractivity contribution is 0.102. The lowest BCUT2D eigenvalue weighted by Gasteiger charge is -2.08. The number of carbonyl (C=O) groups is 1. The molecule has 1 amide bonds. The molecule has 0 atom stereocenters. The van der Waals surface area contributed by atoms with Crippen molar-refractivity contribution in [2.24, 2.45) is 0 Å². The molecule has 30 heavy (non-hydrogen) atoms. The van der Waals surface area contributed by atoms with E-state index in [1.54, 1.807) is 24.3 Å². The summed E-state index contributed by atoms with van der Waals surface area (Å²) in [5.41, 5.74) is 0.445. The Kier molecular flexibility index (Phi) is 6.93. The second-order valence-electron chi connectivity index (χ2n) is 5.68. The van der Waals surface area contributed by atoms with E-state index in [2.05, 4.69) is 26.8 Å². The molecule has 12 heteroatoms. The number of benzene rings is 2. The normalized spacial score (nSPS) is 11.0. The van der Waals surface area contributed by atoms with E-state index in [0.29, 0.717) is 22.1 Å². The summed E-state index contributed by atoms with van der Waals surface area (Å²) in [6.07, 6.45) is 1.57. The average molecular weight is 485 g/mol. The van der Waals surface area contributed by atoms with Crippen LogP contribution in [-0.2, 0) is 10.0 Å². The van der Waals surface area contributed by atoms with Gasteiger partial charge < -0.3 is 4.74 Å². The fourth-order valence-corrected chi connectivity index (χ4v) is 4.65. The van der Waals surface area contributed by atoms with Crippen molar-refractivity contribution in [1.29, 1.82) is 0 Å². The molecule has 0 radical (unpaired) electrons. The van der Waals surface area contributed by atoms with E-state index < -0.39 is 15.9 Å². The zero-order valence-electron chi connectivity index (χ0n) is 15.1. The number of nitrogens with zero attached hydrogens (tertiary/aromatic N) is 2. The van der Waals surface area contributed by atoms with Crippen LogP contribution in [0.25, 0.3) is 0 Å². The number of hydrogen-bond acceptors (Lipinski definition) is 7. The maximum Gasteiger partial charge on any atom is 0.291 e. The smallest absolute Gasteiger partial charge is 0.291 e. The van der Waals surface area contributed by atoms with Crippen molar-refractivity contribution in [3.63, 3.8) is 0 Å². The fourth-order valence-electron chi connectivity index (χ4n) is 2.21. The van der Waals surface area contributed by atoms with Crippen LogP contribution in [0.4, 0.5) is 10.8 Å². The number of ether oxygens (including phenoxy) is 1. The lowest BCUT2D eigenvalue weighted by Crippen LogP contribution is -2.12. The van der Waals surface area contributed by atoms with Gasteiger partial charge in [-0.3, -0.25) is 14.8 Å². The number of anilines is 2. The highest BCUT2D eigenvalue weighted by atomic mass is 35.5. The van der Waals surface area contributed by atoms with Crippen molar-refractivity contribution in [3.8, 4) is 5.75 Å². The average Bonchev–Trinajstić information content (AvgIpc) is 3.15. The quantitative estimate of drug-likeness (QED) is 0.360. The van der Waals surface area contributed by atoms with Gasteiger partial charge in [0.2, 0.25) is 5.13 Å². The van der Waals surface area contributed by atoms with Crippen LogP contribution in [0.1, 0.15) is 10.4 Å². The topological polar surface area (TPSA) is 110 Å². The first-order valence-corrected chi connectivity index (χ1v) is 11.3. The Labute approximate surface area is 186 Å². The Morgan fingerprint density at radius 2 is 2.00 bits per heavy atom. The molecule has 0 aliphatic carbocycles. The minimum Gasteiger partial charge on any atom is -0.489 e. The van der Waals surface area contributed by atoms with E-state index in [4.69, 9.17) is 27.9 Å². The van der Waals surface area contributed by atoms with Gasteiger partial charge in [-0.15, -0.1) is 10.2 Å². The van der Waals surface area contributed by atoms with Crippen molar-refractivity contribution >= 4 is 61.3 Å². The number of halogens is 2. The van der Waals surface area contributed by atoms with Crippen molar-refractivity contribution < 1.29 is 17.9 Å². The second-order valence-corrected chi connectivity index (χ2v) is 9.36. The molecule has 2 N–H and O–H groups in total. The summed E-state index contributed by atoms with van der Waals surface area (Å²) in [4.78, 5) is 12.3. The Morgan fingerprint density at radius 3 is 2.73 bits per heavy atom. The molecule has 3 aromatic rings. The maximum absolute atomic E-state index is 12.6. The van der Waals surface area contributed by atoms with E-state index in [1.165, 1.54) is 24.3 Å². The Bertz CT molecular complexity index is 1200. The number of nitrogens with one attached hydrogen (secondary N) is 2. The molecule has 0 fully saturated rings. The molecular formula is C18H14Cl2N4O4S2. The summed E-state index contributed by atoms with van der Waals surface area (Å²) in [5.74, 6) is -0.100. The molecule has 0 spiro atoms. The standard InChI is InChI=1S/C18H14Cl2N4O4S2/c1-2-8-28-13-5-3-4-12(10-13)24-30(26,27)18-23-22-17(29-18)21-16(25)14-7-6-11(19)9-15(14)20/h2-7,9-10,24H,1,8H2,(H,21,22,25). The first-order chi connectivity index (χ1) is 14.3. The molecule has 3 rings (SSSR count). The van der Waals surface area contributed by atoms with Crippen LogP contribution in [-0.4, -0.2) is 31.1 Å². The molecule has 0 saturated carbocycles. The van der Waals surface area contributed by atoms with Crippen LogP contribution < -0.4 is 14.8 Å². The molecule has 1 aromatic heterocycles. The zero-order chi connectivity index (χ0) is 21.7. The molecule has 0 saturated heterocycles. The van der Waals surface area contributed by atoms with Crippen molar-refractivity contribution in [3.05, 3.63) is 70.7 Å². The van der Waals surface area contributed by atoms with Crippen molar-refractivity contribution in [2.75, 3.05) is 16.6 Å². The van der Waals surface area contributed by atoms with E-state index >= 15 is 0 Å². The fraction of sp³-hybridized carbons (Fsp3) is 0.0556. The van der Waals surface area contributed by atoms with Gasteiger partial charge in [-0.05, 0) is 30.3 Å². The van der Waals surface area contributed by atoms with Gasteiger partial charge >= 0.3 is 0 Å². The van der Waals surface area contributed by atoms with Gasteiger partial charge in [-0.1, -0.05) is 53.3 Å². The van der Waals surface area contributed by atoms with E-state index in [9.17, 15) is 13.2 Å². The zero-order valence-corrected chi connectivity index (χ0v) is 18.3. The third kappa shape index (κ3) is 5.48. The maximum atomic E-state index is 12.6. The predicted octanol–water partition coefficient (Wildman–Crippen LogP) is 4.46. The highest BCUT2D eigenvalue weighted by molar-refractivity contribution is 7.94. The van der Waals surface area contributed by atoms with Gasteiger partial charge in [0.05, 0.1) is 16.3 Å². The molecule has 0 bridgehead atoms. The summed E-state index contributed by atoms with van der Waals surface area (Å²) in [6.45, 7) is 3.84. The van der Waals surface area contributed by atoms with Gasteiger partial charge in [0.1, 0.15) is 12.4 Å². The third-order valence-electron chi connectivity index (χ3n) is 3.49.